The molecule has 0 radical (unpaired) electrons. The smallest absolute Gasteiger partial charge is 0.256 e. The number of nitrogens with zero attached hydrogens (tertiary/aromatic N) is 1. The molecule has 0 aromatic heterocycles. The number of carbonyl (C=O) groups is 2. The monoisotopic (exact) mass is 422 g/mol. The second kappa shape index (κ2) is 6.19. The van der Waals surface area contributed by atoms with E-state index < -0.39 is 6.04 Å². The van der Waals surface area contributed by atoms with E-state index in [1.54, 1.807) is 13.0 Å². The molecule has 1 unspecified atom stereocenters. The van der Waals surface area contributed by atoms with Gasteiger partial charge in [-0.25, -0.2) is 4.90 Å². The Morgan fingerprint density at radius 1 is 1.17 bits per heavy atom. The number of hydrogen-bond acceptors (Lipinski definition) is 4. The molecular weight excluding hydrogens is 407 g/mol. The number of amides is 2. The van der Waals surface area contributed by atoms with Crippen LogP contribution in [-0.4, -0.2) is 23.0 Å². The van der Waals surface area contributed by atoms with E-state index in [2.05, 4.69) is 27.9 Å². The summed E-state index contributed by atoms with van der Waals surface area (Å²) in [5.41, 5.74) is 2.01. The van der Waals surface area contributed by atoms with Gasteiger partial charge in [-0.3, -0.25) is 9.59 Å². The Labute approximate surface area is 147 Å². The summed E-state index contributed by atoms with van der Waals surface area (Å²) in [4.78, 5) is 26.1. The van der Waals surface area contributed by atoms with Crippen LogP contribution >= 0.6 is 22.6 Å². The minimum absolute atomic E-state index is 0.110. The van der Waals surface area contributed by atoms with E-state index in [-0.39, 0.29) is 24.0 Å². The maximum atomic E-state index is 12.6. The zero-order chi connectivity index (χ0) is 16.6. The van der Waals surface area contributed by atoms with Crippen LogP contribution in [0.1, 0.15) is 12.0 Å². The maximum Gasteiger partial charge on any atom is 0.256 e. The molecular formula is C17H15IN2O3. The van der Waals surface area contributed by atoms with Gasteiger partial charge in [0.1, 0.15) is 11.8 Å². The van der Waals surface area contributed by atoms with Crippen LogP contribution in [0.5, 0.6) is 5.75 Å². The number of nitrogens with one attached hydrogen (secondary N) is 1. The number of halogens is 1. The fourth-order valence-electron chi connectivity index (χ4n) is 2.64. The van der Waals surface area contributed by atoms with Crippen LogP contribution in [0, 0.1) is 10.5 Å². The molecule has 5 nitrogen and oxygen atoms in total. The summed E-state index contributed by atoms with van der Waals surface area (Å²) in [5.74, 6) is -0.409. The fraction of sp³-hybridized carbons (Fsp3) is 0.176. The first-order chi connectivity index (χ1) is 11.0. The molecule has 1 aliphatic heterocycles. The SMILES string of the molecule is Cc1cc(O)ccc1N1C(=O)CC(Nc2ccc(I)cc2)C1=O. The third kappa shape index (κ3) is 3.17. The molecule has 0 aliphatic carbocycles. The Kier molecular flexibility index (Phi) is 4.25. The molecule has 3 rings (SSSR count). The van der Waals surface area contributed by atoms with Crippen LogP contribution in [0.3, 0.4) is 0 Å². The first-order valence-corrected chi connectivity index (χ1v) is 8.22. The highest BCUT2D eigenvalue weighted by molar-refractivity contribution is 14.1. The molecule has 1 fully saturated rings. The Balaban J connectivity index is 1.83. The normalized spacial score (nSPS) is 17.7. The molecule has 0 bridgehead atoms. The number of phenols is 1. The maximum absolute atomic E-state index is 12.6. The van der Waals surface area contributed by atoms with Crippen LogP contribution < -0.4 is 10.2 Å². The summed E-state index contributed by atoms with van der Waals surface area (Å²) in [6, 6.07) is 11.7. The van der Waals surface area contributed by atoms with Crippen molar-refractivity contribution in [3.05, 3.63) is 51.6 Å². The molecule has 1 atom stereocenters. The minimum atomic E-state index is -0.573. The highest BCUT2D eigenvalue weighted by atomic mass is 127. The molecule has 0 saturated carbocycles. The van der Waals surface area contributed by atoms with Gasteiger partial charge in [-0.05, 0) is 77.5 Å². The van der Waals surface area contributed by atoms with Crippen molar-refractivity contribution in [2.45, 2.75) is 19.4 Å². The van der Waals surface area contributed by atoms with Crippen LogP contribution in [0.2, 0.25) is 0 Å². The Morgan fingerprint density at radius 2 is 1.87 bits per heavy atom. The van der Waals surface area contributed by atoms with Gasteiger partial charge < -0.3 is 10.4 Å². The Morgan fingerprint density at radius 3 is 2.52 bits per heavy atom. The number of phenolic OH excluding ortho intramolecular Hbond substituents is 1. The summed E-state index contributed by atoms with van der Waals surface area (Å²) >= 11 is 2.21. The van der Waals surface area contributed by atoms with E-state index in [0.29, 0.717) is 11.3 Å². The highest BCUT2D eigenvalue weighted by Crippen LogP contribution is 2.29. The van der Waals surface area contributed by atoms with Crippen molar-refractivity contribution in [1.29, 1.82) is 0 Å². The Hall–Kier alpha value is -2.09. The average molecular weight is 422 g/mol. The van der Waals surface area contributed by atoms with Gasteiger partial charge >= 0.3 is 0 Å². The average Bonchev–Trinajstić information content (AvgIpc) is 2.77. The van der Waals surface area contributed by atoms with Crippen molar-refractivity contribution in [3.8, 4) is 5.75 Å². The molecule has 1 heterocycles. The Bertz CT molecular complexity index is 774. The lowest BCUT2D eigenvalue weighted by Gasteiger charge is -2.18. The fourth-order valence-corrected chi connectivity index (χ4v) is 3.00. The quantitative estimate of drug-likeness (QED) is 0.590. The second-order valence-corrected chi connectivity index (χ2v) is 6.69. The van der Waals surface area contributed by atoms with E-state index in [1.165, 1.54) is 17.0 Å². The lowest BCUT2D eigenvalue weighted by molar-refractivity contribution is -0.121. The van der Waals surface area contributed by atoms with Crippen LogP contribution in [0.4, 0.5) is 11.4 Å². The molecule has 6 heteroatoms. The van der Waals surface area contributed by atoms with Gasteiger partial charge in [0, 0.05) is 9.26 Å². The van der Waals surface area contributed by atoms with Crippen LogP contribution in [0.15, 0.2) is 42.5 Å². The van der Waals surface area contributed by atoms with Crippen molar-refractivity contribution in [3.63, 3.8) is 0 Å². The number of hydrogen-bond donors (Lipinski definition) is 2. The predicted molar refractivity (Wildman–Crippen MR) is 96.5 cm³/mol. The first-order valence-electron chi connectivity index (χ1n) is 7.14. The largest absolute Gasteiger partial charge is 0.508 e. The summed E-state index contributed by atoms with van der Waals surface area (Å²) in [6.45, 7) is 1.76. The number of benzene rings is 2. The molecule has 1 saturated heterocycles. The minimum Gasteiger partial charge on any atom is -0.508 e. The van der Waals surface area contributed by atoms with Crippen molar-refractivity contribution in [1.82, 2.24) is 0 Å². The number of anilines is 2. The van der Waals surface area contributed by atoms with Crippen molar-refractivity contribution < 1.29 is 14.7 Å². The number of aryl methyl sites for hydroxylation is 1. The van der Waals surface area contributed by atoms with E-state index in [0.717, 1.165) is 9.26 Å². The van der Waals surface area contributed by atoms with Crippen molar-refractivity contribution in [2.75, 3.05) is 10.2 Å². The van der Waals surface area contributed by atoms with E-state index >= 15 is 0 Å². The number of carbonyl (C=O) groups excluding carboxylic acids is 2. The molecule has 2 aromatic carbocycles. The van der Waals surface area contributed by atoms with Gasteiger partial charge in [0.25, 0.3) is 5.91 Å². The summed E-state index contributed by atoms with van der Waals surface area (Å²) in [7, 11) is 0. The molecule has 2 N–H and O–H groups in total. The van der Waals surface area contributed by atoms with E-state index in [1.807, 2.05) is 24.3 Å². The third-order valence-corrected chi connectivity index (χ3v) is 4.47. The molecule has 2 amide bonds. The van der Waals surface area contributed by atoms with Gasteiger partial charge in [0.2, 0.25) is 5.91 Å². The van der Waals surface area contributed by atoms with E-state index in [9.17, 15) is 14.7 Å². The number of rotatable bonds is 3. The second-order valence-electron chi connectivity index (χ2n) is 5.45. The van der Waals surface area contributed by atoms with Gasteiger partial charge in [-0.2, -0.15) is 0 Å². The molecule has 2 aromatic rings. The zero-order valence-electron chi connectivity index (χ0n) is 12.4. The standard InChI is InChI=1S/C17H15IN2O3/c1-10-8-13(21)6-7-15(10)20-16(22)9-14(17(20)23)19-12-4-2-11(18)3-5-12/h2-8,14,19,21H,9H2,1H3. The number of imide groups is 1. The first kappa shape index (κ1) is 15.8. The molecule has 118 valence electrons. The van der Waals surface area contributed by atoms with Crippen molar-refractivity contribution >= 4 is 45.8 Å². The van der Waals surface area contributed by atoms with Crippen LogP contribution in [-0.2, 0) is 9.59 Å². The van der Waals surface area contributed by atoms with Crippen molar-refractivity contribution in [2.24, 2.45) is 0 Å². The van der Waals surface area contributed by atoms with Gasteiger partial charge in [0.05, 0.1) is 12.1 Å². The van der Waals surface area contributed by atoms with Crippen LogP contribution in [0.25, 0.3) is 0 Å². The highest BCUT2D eigenvalue weighted by Gasteiger charge is 2.40. The summed E-state index contributed by atoms with van der Waals surface area (Å²) in [6.07, 6.45) is 0.116. The zero-order valence-corrected chi connectivity index (χ0v) is 14.6. The van der Waals surface area contributed by atoms with Gasteiger partial charge in [-0.15, -0.1) is 0 Å². The van der Waals surface area contributed by atoms with Gasteiger partial charge in [-0.1, -0.05) is 0 Å². The summed E-state index contributed by atoms with van der Waals surface area (Å²) < 4.78 is 1.10. The predicted octanol–water partition coefficient (Wildman–Crippen LogP) is 3.05. The van der Waals surface area contributed by atoms with Gasteiger partial charge in [0.15, 0.2) is 0 Å². The lowest BCUT2D eigenvalue weighted by Crippen LogP contribution is -2.35. The molecule has 23 heavy (non-hydrogen) atoms. The number of aromatic hydroxyl groups is 1. The third-order valence-electron chi connectivity index (χ3n) is 3.75. The molecule has 1 aliphatic rings. The summed E-state index contributed by atoms with van der Waals surface area (Å²) in [5, 5.41) is 12.6. The van der Waals surface area contributed by atoms with E-state index in [4.69, 9.17) is 0 Å². The topological polar surface area (TPSA) is 69.6 Å². The lowest BCUT2D eigenvalue weighted by atomic mass is 10.1. The molecule has 0 spiro atoms.